The van der Waals surface area contributed by atoms with Crippen LogP contribution in [-0.2, 0) is 6.54 Å². The van der Waals surface area contributed by atoms with Gasteiger partial charge in [-0.3, -0.25) is 4.98 Å². The van der Waals surface area contributed by atoms with Crippen molar-refractivity contribution in [1.82, 2.24) is 15.3 Å². The first-order valence-electron chi connectivity index (χ1n) is 3.19. The van der Waals surface area contributed by atoms with Crippen LogP contribution in [0.5, 0.6) is 0 Å². The van der Waals surface area contributed by atoms with Gasteiger partial charge in [-0.25, -0.2) is 9.78 Å². The molecule has 0 radical (unpaired) electrons. The van der Waals surface area contributed by atoms with Gasteiger partial charge in [0, 0.05) is 12.4 Å². The van der Waals surface area contributed by atoms with Crippen molar-refractivity contribution in [2.24, 2.45) is 5.73 Å². The SMILES string of the molecule is NC(=O)NCc1nccnc1Cl. The second-order valence-electron chi connectivity index (χ2n) is 2.01. The molecule has 2 amide bonds. The van der Waals surface area contributed by atoms with E-state index >= 15 is 0 Å². The fraction of sp³-hybridized carbons (Fsp3) is 0.167. The molecule has 0 aliphatic heterocycles. The van der Waals surface area contributed by atoms with Crippen molar-refractivity contribution in [3.63, 3.8) is 0 Å². The lowest BCUT2D eigenvalue weighted by Crippen LogP contribution is -2.29. The molecule has 0 aliphatic carbocycles. The molecule has 3 N–H and O–H groups in total. The molecule has 0 unspecified atom stereocenters. The number of carbonyl (C=O) groups excluding carboxylic acids is 1. The zero-order valence-electron chi connectivity index (χ0n) is 6.12. The van der Waals surface area contributed by atoms with Crippen LogP contribution in [-0.4, -0.2) is 16.0 Å². The Hall–Kier alpha value is -1.36. The number of rotatable bonds is 2. The molecule has 0 saturated carbocycles. The van der Waals surface area contributed by atoms with Gasteiger partial charge in [-0.15, -0.1) is 0 Å². The molecule has 1 aromatic heterocycles. The standard InChI is InChI=1S/C6H7ClN4O/c7-5-4(3-11-6(8)12)9-1-2-10-5/h1-2H,3H2,(H3,8,11,12). The van der Waals surface area contributed by atoms with E-state index in [1.165, 1.54) is 12.4 Å². The van der Waals surface area contributed by atoms with Crippen LogP contribution in [0.25, 0.3) is 0 Å². The van der Waals surface area contributed by atoms with E-state index in [0.29, 0.717) is 5.69 Å². The maximum Gasteiger partial charge on any atom is 0.312 e. The molecule has 0 atom stereocenters. The van der Waals surface area contributed by atoms with E-state index in [1.807, 2.05) is 0 Å². The number of hydrogen-bond donors (Lipinski definition) is 2. The van der Waals surface area contributed by atoms with Crippen LogP contribution in [0.1, 0.15) is 5.69 Å². The lowest BCUT2D eigenvalue weighted by molar-refractivity contribution is 0.248. The van der Waals surface area contributed by atoms with Crippen LogP contribution in [0.2, 0.25) is 5.15 Å². The van der Waals surface area contributed by atoms with Gasteiger partial charge in [0.15, 0.2) is 5.15 Å². The lowest BCUT2D eigenvalue weighted by Gasteiger charge is -2.01. The van der Waals surface area contributed by atoms with E-state index in [1.54, 1.807) is 0 Å². The molecule has 1 rings (SSSR count). The van der Waals surface area contributed by atoms with Crippen molar-refractivity contribution in [2.75, 3.05) is 0 Å². The van der Waals surface area contributed by atoms with Gasteiger partial charge in [-0.2, -0.15) is 0 Å². The Bertz CT molecular complexity index is 291. The van der Waals surface area contributed by atoms with Crippen LogP contribution in [0, 0.1) is 0 Å². The van der Waals surface area contributed by atoms with E-state index in [4.69, 9.17) is 17.3 Å². The fourth-order valence-electron chi connectivity index (χ4n) is 0.639. The molecule has 0 aromatic carbocycles. The van der Waals surface area contributed by atoms with E-state index in [9.17, 15) is 4.79 Å². The maximum absolute atomic E-state index is 10.3. The highest BCUT2D eigenvalue weighted by molar-refractivity contribution is 6.29. The highest BCUT2D eigenvalue weighted by Gasteiger charge is 2.01. The lowest BCUT2D eigenvalue weighted by atomic mass is 10.4. The summed E-state index contributed by atoms with van der Waals surface area (Å²) in [6, 6.07) is -0.614. The summed E-state index contributed by atoms with van der Waals surface area (Å²) < 4.78 is 0. The molecule has 0 saturated heterocycles. The predicted molar refractivity (Wildman–Crippen MR) is 43.5 cm³/mol. The molecule has 1 aromatic rings. The van der Waals surface area contributed by atoms with Crippen molar-refractivity contribution in [3.8, 4) is 0 Å². The highest BCUT2D eigenvalue weighted by atomic mass is 35.5. The maximum atomic E-state index is 10.3. The Kier molecular flexibility index (Phi) is 2.82. The number of halogens is 1. The van der Waals surface area contributed by atoms with Crippen LogP contribution < -0.4 is 11.1 Å². The molecule has 5 nitrogen and oxygen atoms in total. The second-order valence-corrected chi connectivity index (χ2v) is 2.37. The molecule has 1 heterocycles. The predicted octanol–water partition coefficient (Wildman–Crippen LogP) is 0.298. The number of nitrogens with one attached hydrogen (secondary N) is 1. The zero-order chi connectivity index (χ0) is 8.97. The van der Waals surface area contributed by atoms with Crippen molar-refractivity contribution in [1.29, 1.82) is 0 Å². The highest BCUT2D eigenvalue weighted by Crippen LogP contribution is 2.06. The third-order valence-corrected chi connectivity index (χ3v) is 1.47. The molecule has 0 aliphatic rings. The van der Waals surface area contributed by atoms with E-state index in [0.717, 1.165) is 0 Å². The minimum Gasteiger partial charge on any atom is -0.352 e. The van der Waals surface area contributed by atoms with Crippen molar-refractivity contribution in [3.05, 3.63) is 23.2 Å². The van der Waals surface area contributed by atoms with Crippen LogP contribution in [0.4, 0.5) is 4.79 Å². The Morgan fingerprint density at radius 1 is 1.58 bits per heavy atom. The summed E-state index contributed by atoms with van der Waals surface area (Å²) in [4.78, 5) is 18.0. The average molecular weight is 187 g/mol. The summed E-state index contributed by atoms with van der Waals surface area (Å²) in [6.45, 7) is 0.196. The molecule has 0 fully saturated rings. The number of urea groups is 1. The Morgan fingerprint density at radius 2 is 2.25 bits per heavy atom. The van der Waals surface area contributed by atoms with Gasteiger partial charge in [-0.1, -0.05) is 11.6 Å². The van der Waals surface area contributed by atoms with Gasteiger partial charge < -0.3 is 11.1 Å². The van der Waals surface area contributed by atoms with Gasteiger partial charge in [0.1, 0.15) is 0 Å². The molecular weight excluding hydrogens is 180 g/mol. The number of carbonyl (C=O) groups is 1. The van der Waals surface area contributed by atoms with E-state index in [-0.39, 0.29) is 11.7 Å². The first-order chi connectivity index (χ1) is 5.70. The number of nitrogens with two attached hydrogens (primary N) is 1. The minimum atomic E-state index is -0.614. The first kappa shape index (κ1) is 8.73. The summed E-state index contributed by atoms with van der Waals surface area (Å²) in [5.74, 6) is 0. The van der Waals surface area contributed by atoms with Gasteiger partial charge >= 0.3 is 6.03 Å². The van der Waals surface area contributed by atoms with Crippen molar-refractivity contribution in [2.45, 2.75) is 6.54 Å². The first-order valence-corrected chi connectivity index (χ1v) is 3.56. The van der Waals surface area contributed by atoms with Gasteiger partial charge in [0.25, 0.3) is 0 Å². The normalized spacial score (nSPS) is 9.42. The van der Waals surface area contributed by atoms with Crippen LogP contribution >= 0.6 is 11.6 Å². The quantitative estimate of drug-likeness (QED) is 0.697. The monoisotopic (exact) mass is 186 g/mol. The Balaban J connectivity index is 2.63. The van der Waals surface area contributed by atoms with Crippen LogP contribution in [0.3, 0.4) is 0 Å². The summed E-state index contributed by atoms with van der Waals surface area (Å²) in [6.07, 6.45) is 2.96. The number of primary amides is 1. The average Bonchev–Trinajstić information content (AvgIpc) is 2.03. The smallest absolute Gasteiger partial charge is 0.312 e. The molecule has 6 heteroatoms. The largest absolute Gasteiger partial charge is 0.352 e. The van der Waals surface area contributed by atoms with E-state index < -0.39 is 6.03 Å². The third kappa shape index (κ3) is 2.35. The second kappa shape index (κ2) is 3.87. The summed E-state index contributed by atoms with van der Waals surface area (Å²) in [5, 5.41) is 2.62. The molecule has 64 valence electrons. The minimum absolute atomic E-state index is 0.196. The van der Waals surface area contributed by atoms with Gasteiger partial charge in [0.05, 0.1) is 12.2 Å². The molecule has 0 bridgehead atoms. The Morgan fingerprint density at radius 3 is 2.83 bits per heavy atom. The summed E-state index contributed by atoms with van der Waals surface area (Å²) in [7, 11) is 0. The van der Waals surface area contributed by atoms with Crippen molar-refractivity contribution >= 4 is 17.6 Å². The topological polar surface area (TPSA) is 80.9 Å². The van der Waals surface area contributed by atoms with Crippen LogP contribution in [0.15, 0.2) is 12.4 Å². The number of nitrogens with zero attached hydrogens (tertiary/aromatic N) is 2. The number of aromatic nitrogens is 2. The number of amides is 2. The van der Waals surface area contributed by atoms with Crippen molar-refractivity contribution < 1.29 is 4.79 Å². The zero-order valence-corrected chi connectivity index (χ0v) is 6.88. The fourth-order valence-corrected chi connectivity index (χ4v) is 0.811. The molecular formula is C6H7ClN4O. The third-order valence-electron chi connectivity index (χ3n) is 1.15. The van der Waals surface area contributed by atoms with Gasteiger partial charge in [0.2, 0.25) is 0 Å². The molecule has 0 spiro atoms. The summed E-state index contributed by atoms with van der Waals surface area (Å²) in [5.41, 5.74) is 5.35. The Labute approximate surface area is 74.0 Å². The van der Waals surface area contributed by atoms with Gasteiger partial charge in [-0.05, 0) is 0 Å². The number of hydrogen-bond acceptors (Lipinski definition) is 3. The summed E-state index contributed by atoms with van der Waals surface area (Å²) >= 11 is 5.64. The molecule has 12 heavy (non-hydrogen) atoms. The van der Waals surface area contributed by atoms with E-state index in [2.05, 4.69) is 15.3 Å².